The highest BCUT2D eigenvalue weighted by Crippen LogP contribution is 2.19. The topological polar surface area (TPSA) is 74.2 Å². The van der Waals surface area contributed by atoms with Gasteiger partial charge in [0.15, 0.2) is 5.82 Å². The number of nitrogens with two attached hydrogens (primary N) is 1. The summed E-state index contributed by atoms with van der Waals surface area (Å²) in [6.45, 7) is 8.68. The highest BCUT2D eigenvalue weighted by molar-refractivity contribution is 4.94. The van der Waals surface area contributed by atoms with E-state index in [2.05, 4.69) is 24.0 Å². The molecule has 1 aromatic rings. The maximum Gasteiger partial charge on any atom is 0.243 e. The Labute approximate surface area is 96.4 Å². The van der Waals surface area contributed by atoms with E-state index in [1.807, 2.05) is 13.8 Å². The fourth-order valence-electron chi connectivity index (χ4n) is 1.50. The van der Waals surface area contributed by atoms with Crippen LogP contribution in [-0.2, 0) is 4.74 Å². The summed E-state index contributed by atoms with van der Waals surface area (Å²) < 4.78 is 10.5. The molecule has 1 unspecified atom stereocenters. The summed E-state index contributed by atoms with van der Waals surface area (Å²) in [6, 6.07) is -0.185. The molecule has 5 heteroatoms. The molecule has 0 saturated heterocycles. The van der Waals surface area contributed by atoms with E-state index in [9.17, 15) is 0 Å². The first-order valence-corrected chi connectivity index (χ1v) is 5.75. The lowest BCUT2D eigenvalue weighted by atomic mass is 10.0. The van der Waals surface area contributed by atoms with Crippen molar-refractivity contribution in [3.63, 3.8) is 0 Å². The highest BCUT2D eigenvalue weighted by atomic mass is 16.5. The minimum Gasteiger partial charge on any atom is -0.371 e. The van der Waals surface area contributed by atoms with Crippen LogP contribution in [0.5, 0.6) is 0 Å². The van der Waals surface area contributed by atoms with Gasteiger partial charge in [0.05, 0.1) is 6.04 Å². The van der Waals surface area contributed by atoms with Crippen LogP contribution < -0.4 is 5.73 Å². The molecule has 0 aliphatic rings. The first kappa shape index (κ1) is 13.1. The van der Waals surface area contributed by atoms with Gasteiger partial charge in [-0.25, -0.2) is 0 Å². The van der Waals surface area contributed by atoms with Gasteiger partial charge in [-0.15, -0.1) is 0 Å². The fraction of sp³-hybridized carbons (Fsp3) is 0.818. The van der Waals surface area contributed by atoms with Crippen molar-refractivity contribution < 1.29 is 9.26 Å². The van der Waals surface area contributed by atoms with Crippen LogP contribution in [0.1, 0.15) is 58.0 Å². The Bertz CT molecular complexity index is 312. The van der Waals surface area contributed by atoms with E-state index in [-0.39, 0.29) is 12.1 Å². The first-order chi connectivity index (χ1) is 7.54. The third kappa shape index (κ3) is 3.57. The van der Waals surface area contributed by atoms with Gasteiger partial charge >= 0.3 is 0 Å². The van der Waals surface area contributed by atoms with Crippen LogP contribution in [0.2, 0.25) is 0 Å². The van der Waals surface area contributed by atoms with Gasteiger partial charge in [-0.3, -0.25) is 0 Å². The standard InChI is InChI=1S/C11H21N3O2/c1-5-15-8(4)10-13-11(16-14-10)9(12)6-7(2)3/h7-9H,5-6,12H2,1-4H3/t8?,9-/m1/s1. The van der Waals surface area contributed by atoms with E-state index in [0.717, 1.165) is 6.42 Å². The van der Waals surface area contributed by atoms with E-state index >= 15 is 0 Å². The molecular formula is C11H21N3O2. The molecule has 0 aliphatic carbocycles. The summed E-state index contributed by atoms with van der Waals surface area (Å²) in [5, 5.41) is 3.87. The largest absolute Gasteiger partial charge is 0.371 e. The molecule has 0 amide bonds. The van der Waals surface area contributed by atoms with Crippen molar-refractivity contribution in [2.45, 2.75) is 46.3 Å². The lowest BCUT2D eigenvalue weighted by Crippen LogP contribution is -2.13. The summed E-state index contributed by atoms with van der Waals surface area (Å²) in [5.41, 5.74) is 5.95. The number of nitrogens with zero attached hydrogens (tertiary/aromatic N) is 2. The molecule has 0 spiro atoms. The predicted octanol–water partition coefficient (Wildman–Crippen LogP) is 2.21. The van der Waals surface area contributed by atoms with Gasteiger partial charge in [0, 0.05) is 6.61 Å². The average Bonchev–Trinajstić information content (AvgIpc) is 2.65. The Hall–Kier alpha value is -0.940. The van der Waals surface area contributed by atoms with Gasteiger partial charge in [-0.2, -0.15) is 4.98 Å². The molecule has 92 valence electrons. The Morgan fingerprint density at radius 2 is 2.06 bits per heavy atom. The smallest absolute Gasteiger partial charge is 0.243 e. The van der Waals surface area contributed by atoms with Crippen molar-refractivity contribution in [2.24, 2.45) is 11.7 Å². The summed E-state index contributed by atoms with van der Waals surface area (Å²) in [6.07, 6.45) is 0.693. The second-order valence-electron chi connectivity index (χ2n) is 4.32. The molecule has 16 heavy (non-hydrogen) atoms. The summed E-state index contributed by atoms with van der Waals surface area (Å²) in [7, 11) is 0. The van der Waals surface area contributed by atoms with Crippen LogP contribution in [0.25, 0.3) is 0 Å². The lowest BCUT2D eigenvalue weighted by molar-refractivity contribution is 0.0683. The number of hydrogen-bond acceptors (Lipinski definition) is 5. The Kier molecular flexibility index (Phi) is 4.89. The zero-order chi connectivity index (χ0) is 12.1. The van der Waals surface area contributed by atoms with E-state index in [1.54, 1.807) is 0 Å². The van der Waals surface area contributed by atoms with Gasteiger partial charge in [0.1, 0.15) is 6.10 Å². The maximum absolute atomic E-state index is 5.95. The second-order valence-corrected chi connectivity index (χ2v) is 4.32. The SMILES string of the molecule is CCOC(C)c1noc([C@H](N)CC(C)C)n1. The van der Waals surface area contributed by atoms with Crippen molar-refractivity contribution in [1.29, 1.82) is 0 Å². The van der Waals surface area contributed by atoms with Crippen LogP contribution in [0.4, 0.5) is 0 Å². The molecule has 1 aromatic heterocycles. The van der Waals surface area contributed by atoms with Gasteiger partial charge in [0.2, 0.25) is 5.89 Å². The Morgan fingerprint density at radius 3 is 2.62 bits per heavy atom. The second kappa shape index (κ2) is 5.96. The van der Waals surface area contributed by atoms with Crippen molar-refractivity contribution in [1.82, 2.24) is 10.1 Å². The van der Waals surface area contributed by atoms with E-state index in [0.29, 0.717) is 24.2 Å². The van der Waals surface area contributed by atoms with Gasteiger partial charge in [-0.1, -0.05) is 19.0 Å². The van der Waals surface area contributed by atoms with Gasteiger partial charge < -0.3 is 15.0 Å². The fourth-order valence-corrected chi connectivity index (χ4v) is 1.50. The molecule has 5 nitrogen and oxygen atoms in total. The van der Waals surface area contributed by atoms with Crippen molar-refractivity contribution in [3.05, 3.63) is 11.7 Å². The Balaban J connectivity index is 2.63. The number of rotatable bonds is 6. The zero-order valence-electron chi connectivity index (χ0n) is 10.4. The molecule has 1 heterocycles. The van der Waals surface area contributed by atoms with Crippen LogP contribution in [0.3, 0.4) is 0 Å². The van der Waals surface area contributed by atoms with Crippen LogP contribution in [0.15, 0.2) is 4.52 Å². The number of hydrogen-bond donors (Lipinski definition) is 1. The molecule has 0 bridgehead atoms. The molecule has 0 saturated carbocycles. The third-order valence-electron chi connectivity index (χ3n) is 2.28. The monoisotopic (exact) mass is 227 g/mol. The van der Waals surface area contributed by atoms with Crippen molar-refractivity contribution in [3.8, 4) is 0 Å². The molecule has 2 atom stereocenters. The third-order valence-corrected chi connectivity index (χ3v) is 2.28. The molecule has 2 N–H and O–H groups in total. The normalized spacial score (nSPS) is 15.4. The lowest BCUT2D eigenvalue weighted by Gasteiger charge is -2.09. The molecule has 0 radical (unpaired) electrons. The minimum absolute atomic E-state index is 0.145. The van der Waals surface area contributed by atoms with E-state index in [4.69, 9.17) is 15.0 Å². The molecule has 0 fully saturated rings. The summed E-state index contributed by atoms with van der Waals surface area (Å²) in [4.78, 5) is 4.25. The molecular weight excluding hydrogens is 206 g/mol. The molecule has 0 aromatic carbocycles. The Morgan fingerprint density at radius 1 is 1.38 bits per heavy atom. The van der Waals surface area contributed by atoms with E-state index < -0.39 is 0 Å². The van der Waals surface area contributed by atoms with Gasteiger partial charge in [-0.05, 0) is 26.2 Å². The maximum atomic E-state index is 5.95. The quantitative estimate of drug-likeness (QED) is 0.806. The van der Waals surface area contributed by atoms with Gasteiger partial charge in [0.25, 0.3) is 0 Å². The van der Waals surface area contributed by atoms with Crippen molar-refractivity contribution >= 4 is 0 Å². The number of ether oxygens (including phenoxy) is 1. The molecule has 1 rings (SSSR count). The number of aromatic nitrogens is 2. The van der Waals surface area contributed by atoms with Crippen LogP contribution >= 0.6 is 0 Å². The predicted molar refractivity (Wildman–Crippen MR) is 60.7 cm³/mol. The minimum atomic E-state index is -0.185. The summed E-state index contributed by atoms with van der Waals surface area (Å²) in [5.74, 6) is 1.57. The highest BCUT2D eigenvalue weighted by Gasteiger charge is 2.18. The van der Waals surface area contributed by atoms with Crippen molar-refractivity contribution in [2.75, 3.05) is 6.61 Å². The summed E-state index contributed by atoms with van der Waals surface area (Å²) >= 11 is 0. The average molecular weight is 227 g/mol. The van der Waals surface area contributed by atoms with Crippen LogP contribution in [0, 0.1) is 5.92 Å². The van der Waals surface area contributed by atoms with Crippen LogP contribution in [-0.4, -0.2) is 16.7 Å². The molecule has 0 aliphatic heterocycles. The van der Waals surface area contributed by atoms with E-state index in [1.165, 1.54) is 0 Å². The zero-order valence-corrected chi connectivity index (χ0v) is 10.4. The first-order valence-electron chi connectivity index (χ1n) is 5.75.